The molecule has 0 radical (unpaired) electrons. The van der Waals surface area contributed by atoms with Crippen molar-refractivity contribution in [2.45, 2.75) is 26.3 Å². The van der Waals surface area contributed by atoms with Crippen LogP contribution in [0.2, 0.25) is 0 Å². The lowest BCUT2D eigenvalue weighted by Gasteiger charge is -2.34. The van der Waals surface area contributed by atoms with Crippen LogP contribution < -0.4 is 0 Å². The van der Waals surface area contributed by atoms with Crippen LogP contribution in [0.1, 0.15) is 28.7 Å². The molecule has 5 nitrogen and oxygen atoms in total. The van der Waals surface area contributed by atoms with Gasteiger partial charge in [0.2, 0.25) is 5.91 Å². The minimum absolute atomic E-state index is 0.0941. The first-order valence-corrected chi connectivity index (χ1v) is 7.48. The number of aromatic nitrogens is 1. The van der Waals surface area contributed by atoms with E-state index in [1.165, 1.54) is 0 Å². The average Bonchev–Trinajstić information content (AvgIpc) is 2.96. The number of nitrogens with zero attached hydrogens (tertiary/aromatic N) is 2. The fourth-order valence-corrected chi connectivity index (χ4v) is 2.74. The van der Waals surface area contributed by atoms with Gasteiger partial charge in [-0.1, -0.05) is 0 Å². The Bertz CT molecular complexity index is 665. The third-order valence-electron chi connectivity index (χ3n) is 4.02. The first kappa shape index (κ1) is 14.8. The van der Waals surface area contributed by atoms with Gasteiger partial charge in [0.05, 0.1) is 19.6 Å². The summed E-state index contributed by atoms with van der Waals surface area (Å²) in [6, 6.07) is 5.60. The molecule has 1 aliphatic rings. The van der Waals surface area contributed by atoms with Crippen LogP contribution in [0.5, 0.6) is 0 Å². The Balaban J connectivity index is 1.78. The first-order chi connectivity index (χ1) is 10.6. The Morgan fingerprint density at radius 2 is 2.23 bits per heavy atom. The second-order valence-corrected chi connectivity index (χ2v) is 5.61. The number of ether oxygens (including phenoxy) is 1. The van der Waals surface area contributed by atoms with E-state index in [9.17, 15) is 4.79 Å². The Kier molecular flexibility index (Phi) is 4.24. The van der Waals surface area contributed by atoms with Crippen molar-refractivity contribution in [2.75, 3.05) is 19.8 Å². The molecule has 1 amide bonds. The second-order valence-electron chi connectivity index (χ2n) is 5.61. The number of amides is 1. The molecule has 1 saturated heterocycles. The van der Waals surface area contributed by atoms with E-state index >= 15 is 0 Å². The summed E-state index contributed by atoms with van der Waals surface area (Å²) in [5.41, 5.74) is 2.05. The van der Waals surface area contributed by atoms with Gasteiger partial charge >= 0.3 is 0 Å². The van der Waals surface area contributed by atoms with Gasteiger partial charge in [-0.15, -0.1) is 0 Å². The Morgan fingerprint density at radius 1 is 1.36 bits per heavy atom. The first-order valence-electron chi connectivity index (χ1n) is 7.48. The third kappa shape index (κ3) is 3.04. The van der Waals surface area contributed by atoms with Gasteiger partial charge in [-0.2, -0.15) is 0 Å². The summed E-state index contributed by atoms with van der Waals surface area (Å²) >= 11 is 0. The maximum Gasteiger partial charge on any atom is 0.227 e. The lowest BCUT2D eigenvalue weighted by atomic mass is 10.1. The molecule has 3 heterocycles. The van der Waals surface area contributed by atoms with E-state index in [0.29, 0.717) is 26.2 Å². The quantitative estimate of drug-likeness (QED) is 0.873. The zero-order valence-electron chi connectivity index (χ0n) is 12.9. The minimum atomic E-state index is -0.142. The Hall–Kier alpha value is -2.14. The van der Waals surface area contributed by atoms with Gasteiger partial charge < -0.3 is 14.1 Å². The number of carbonyl (C=O) groups is 1. The maximum atomic E-state index is 12.7. The topological polar surface area (TPSA) is 55.6 Å². The molecule has 0 aliphatic carbocycles. The van der Waals surface area contributed by atoms with E-state index in [2.05, 4.69) is 4.98 Å². The molecule has 0 N–H and O–H groups in total. The smallest absolute Gasteiger partial charge is 0.227 e. The van der Waals surface area contributed by atoms with Crippen LogP contribution in [0.25, 0.3) is 0 Å². The molecule has 1 unspecified atom stereocenters. The summed E-state index contributed by atoms with van der Waals surface area (Å²) in [4.78, 5) is 18.7. The van der Waals surface area contributed by atoms with Crippen molar-refractivity contribution in [3.8, 4) is 0 Å². The molecule has 5 heteroatoms. The number of morpholine rings is 1. The van der Waals surface area contributed by atoms with Crippen LogP contribution in [0.3, 0.4) is 0 Å². The number of hydrogen-bond acceptors (Lipinski definition) is 4. The fraction of sp³-hybridized carbons (Fsp3) is 0.412. The maximum absolute atomic E-state index is 12.7. The minimum Gasteiger partial charge on any atom is -0.464 e. The van der Waals surface area contributed by atoms with Gasteiger partial charge in [0, 0.05) is 18.9 Å². The SMILES string of the molecule is Cc1ccc(C2COCCN2C(=O)Cc2ccncc2C)o1. The highest BCUT2D eigenvalue weighted by molar-refractivity contribution is 5.79. The highest BCUT2D eigenvalue weighted by atomic mass is 16.5. The predicted molar refractivity (Wildman–Crippen MR) is 81.4 cm³/mol. The van der Waals surface area contributed by atoms with Gasteiger partial charge in [0.1, 0.15) is 17.6 Å². The van der Waals surface area contributed by atoms with Gasteiger partial charge in [0.15, 0.2) is 0 Å². The highest BCUT2D eigenvalue weighted by Crippen LogP contribution is 2.26. The van der Waals surface area contributed by atoms with E-state index in [0.717, 1.165) is 22.6 Å². The molecule has 1 aliphatic heterocycles. The Morgan fingerprint density at radius 3 is 2.95 bits per heavy atom. The molecule has 2 aromatic heterocycles. The zero-order valence-corrected chi connectivity index (χ0v) is 12.9. The number of rotatable bonds is 3. The molecule has 3 rings (SSSR count). The molecule has 0 spiro atoms. The van der Waals surface area contributed by atoms with Gasteiger partial charge in [-0.25, -0.2) is 0 Å². The molecule has 0 bridgehead atoms. The highest BCUT2D eigenvalue weighted by Gasteiger charge is 2.30. The van der Waals surface area contributed by atoms with Crippen molar-refractivity contribution in [3.63, 3.8) is 0 Å². The summed E-state index contributed by atoms with van der Waals surface area (Å²) < 4.78 is 11.2. The normalized spacial score (nSPS) is 18.5. The second kappa shape index (κ2) is 6.32. The van der Waals surface area contributed by atoms with E-state index in [1.54, 1.807) is 12.4 Å². The van der Waals surface area contributed by atoms with Crippen molar-refractivity contribution in [2.24, 2.45) is 0 Å². The van der Waals surface area contributed by atoms with Crippen molar-refractivity contribution in [3.05, 3.63) is 53.2 Å². The number of pyridine rings is 1. The molecule has 2 aromatic rings. The van der Waals surface area contributed by atoms with Crippen LogP contribution in [-0.4, -0.2) is 35.5 Å². The van der Waals surface area contributed by atoms with Gasteiger partial charge in [-0.05, 0) is 43.2 Å². The lowest BCUT2D eigenvalue weighted by molar-refractivity contribution is -0.140. The third-order valence-corrected chi connectivity index (χ3v) is 4.02. The number of carbonyl (C=O) groups excluding carboxylic acids is 1. The van der Waals surface area contributed by atoms with Crippen LogP contribution in [0.15, 0.2) is 35.0 Å². The summed E-state index contributed by atoms with van der Waals surface area (Å²) in [5.74, 6) is 1.73. The predicted octanol–water partition coefficient (Wildman–Crippen LogP) is 2.43. The van der Waals surface area contributed by atoms with Gasteiger partial charge in [-0.3, -0.25) is 9.78 Å². The largest absolute Gasteiger partial charge is 0.464 e. The summed E-state index contributed by atoms with van der Waals surface area (Å²) in [7, 11) is 0. The number of furan rings is 1. The molecule has 1 atom stereocenters. The van der Waals surface area contributed by atoms with Crippen molar-refractivity contribution in [1.29, 1.82) is 0 Å². The standard InChI is InChI=1S/C17H20N2O3/c1-12-10-18-6-5-14(12)9-17(20)19-7-8-21-11-15(19)16-4-3-13(2)22-16/h3-6,10,15H,7-9,11H2,1-2H3. The molecule has 1 fully saturated rings. The Labute approximate surface area is 129 Å². The summed E-state index contributed by atoms with van der Waals surface area (Å²) in [5, 5.41) is 0. The van der Waals surface area contributed by atoms with Crippen LogP contribution in [0, 0.1) is 13.8 Å². The van der Waals surface area contributed by atoms with E-state index in [1.807, 2.05) is 36.9 Å². The average molecular weight is 300 g/mol. The van der Waals surface area contributed by atoms with E-state index in [4.69, 9.17) is 9.15 Å². The van der Waals surface area contributed by atoms with E-state index in [-0.39, 0.29) is 11.9 Å². The number of hydrogen-bond donors (Lipinski definition) is 0. The summed E-state index contributed by atoms with van der Waals surface area (Å²) in [6.07, 6.45) is 3.89. The monoisotopic (exact) mass is 300 g/mol. The molecule has 22 heavy (non-hydrogen) atoms. The van der Waals surface area contributed by atoms with Crippen molar-refractivity contribution >= 4 is 5.91 Å². The van der Waals surface area contributed by atoms with Crippen molar-refractivity contribution in [1.82, 2.24) is 9.88 Å². The van der Waals surface area contributed by atoms with Crippen LogP contribution in [-0.2, 0) is 16.0 Å². The number of aryl methyl sites for hydroxylation is 2. The molecule has 0 saturated carbocycles. The molecular weight excluding hydrogens is 280 g/mol. The summed E-state index contributed by atoms with van der Waals surface area (Å²) in [6.45, 7) is 5.51. The van der Waals surface area contributed by atoms with Crippen molar-refractivity contribution < 1.29 is 13.9 Å². The van der Waals surface area contributed by atoms with E-state index < -0.39 is 0 Å². The van der Waals surface area contributed by atoms with Crippen LogP contribution in [0.4, 0.5) is 0 Å². The molecule has 116 valence electrons. The molecular formula is C17H20N2O3. The fourth-order valence-electron chi connectivity index (χ4n) is 2.74. The lowest BCUT2D eigenvalue weighted by Crippen LogP contribution is -2.44. The van der Waals surface area contributed by atoms with Gasteiger partial charge in [0.25, 0.3) is 0 Å². The zero-order chi connectivity index (χ0) is 15.5. The molecule has 0 aromatic carbocycles. The van der Waals surface area contributed by atoms with Crippen LogP contribution >= 0.6 is 0 Å².